The van der Waals surface area contributed by atoms with Gasteiger partial charge in [-0.2, -0.15) is 0 Å². The first-order valence-electron chi connectivity index (χ1n) is 1.64. The fourth-order valence-electron chi connectivity index (χ4n) is 0.219. The summed E-state index contributed by atoms with van der Waals surface area (Å²) < 4.78 is 2.27. The van der Waals surface area contributed by atoms with Gasteiger partial charge >= 0.3 is 50.4 Å². The minimum absolute atomic E-state index is 0.221. The Morgan fingerprint density at radius 1 is 1.33 bits per heavy atom. The molecule has 0 bridgehead atoms. The third-order valence-electron chi connectivity index (χ3n) is 0.435. The van der Waals surface area contributed by atoms with Crippen molar-refractivity contribution in [2.24, 2.45) is 0 Å². The predicted molar refractivity (Wildman–Crippen MR) is 41.3 cm³/mol. The molecule has 0 aromatic rings. The Hall–Kier alpha value is 0.560. The van der Waals surface area contributed by atoms with Crippen molar-refractivity contribution in [1.82, 2.24) is 0 Å². The van der Waals surface area contributed by atoms with Gasteiger partial charge in [0.2, 0.25) is 0 Å². The number of allylic oxidation sites excluding steroid dienone is 2. The molecule has 0 unspecified atom stereocenters. The molecule has 0 aromatic carbocycles. The molecule has 1 rings (SSSR count). The Bertz CT molecular complexity index is 73.5. The molecule has 2 heteroatoms. The predicted octanol–water partition coefficient (Wildman–Crippen LogP) is 2.38. The summed E-state index contributed by atoms with van der Waals surface area (Å²) >= 11 is 0.221. The van der Waals surface area contributed by atoms with Gasteiger partial charge in [-0.25, -0.2) is 0 Å². The third-order valence-corrected chi connectivity index (χ3v) is 4.23. The van der Waals surface area contributed by atoms with Crippen molar-refractivity contribution in [3.05, 3.63) is 21.6 Å². The van der Waals surface area contributed by atoms with Gasteiger partial charge in [0.05, 0.1) is 0 Å². The zero-order valence-corrected chi connectivity index (χ0v) is 6.27. The van der Waals surface area contributed by atoms with Gasteiger partial charge in [0.25, 0.3) is 0 Å². The van der Waals surface area contributed by atoms with Crippen molar-refractivity contribution in [2.45, 2.75) is 0 Å². The Balaban J connectivity index is 2.46. The first-order valence-corrected chi connectivity index (χ1v) is 6.64. The molecular weight excluding hydrogens is 207 g/mol. The molecule has 0 saturated heterocycles. The van der Waals surface area contributed by atoms with Crippen molar-refractivity contribution in [3.63, 3.8) is 0 Å². The van der Waals surface area contributed by atoms with Crippen LogP contribution < -0.4 is 0 Å². The van der Waals surface area contributed by atoms with Crippen LogP contribution in [0.5, 0.6) is 0 Å². The van der Waals surface area contributed by atoms with E-state index in [9.17, 15) is 0 Å². The van der Waals surface area contributed by atoms with Crippen LogP contribution in [0.1, 0.15) is 0 Å². The minimum atomic E-state index is 0.221. The molecule has 0 aromatic heterocycles. The average molecular weight is 212 g/mol. The fraction of sp³-hybridized carbons (Fsp3) is 0. The van der Waals surface area contributed by atoms with E-state index in [2.05, 4.69) is 21.6 Å². The van der Waals surface area contributed by atoms with Crippen molar-refractivity contribution in [3.8, 4) is 0 Å². The van der Waals surface area contributed by atoms with E-state index in [-0.39, 0.29) is 19.8 Å². The Morgan fingerprint density at radius 3 is 2.50 bits per heavy atom. The van der Waals surface area contributed by atoms with Gasteiger partial charge in [-0.3, -0.25) is 0 Å². The Kier molecular flexibility index (Phi) is 2.11. The monoisotopic (exact) mass is 212 g/mol. The number of hydrogen-bond acceptors (Lipinski definition) is 1. The van der Waals surface area contributed by atoms with Crippen LogP contribution in [0.3, 0.4) is 0 Å². The van der Waals surface area contributed by atoms with Crippen molar-refractivity contribution >= 4 is 28.8 Å². The second-order valence-electron chi connectivity index (χ2n) is 0.850. The second kappa shape index (κ2) is 2.69. The molecule has 1 aliphatic rings. The van der Waals surface area contributed by atoms with E-state index in [0.717, 1.165) is 0 Å². The van der Waals surface area contributed by atoms with E-state index in [0.29, 0.717) is 0 Å². The number of halogens is 1. The molecule has 0 nitrogen and oxygen atoms in total. The normalized spacial score (nSPS) is 20.0. The average Bonchev–Trinajstić information content (AvgIpc) is 1.72. The molecule has 0 N–H and O–H groups in total. The van der Waals surface area contributed by atoms with Gasteiger partial charge in [0.1, 0.15) is 0 Å². The molecule has 34 valence electrons. The van der Waals surface area contributed by atoms with E-state index in [1.165, 1.54) is 0 Å². The van der Waals surface area contributed by atoms with Crippen LogP contribution in [0.25, 0.3) is 0 Å². The van der Waals surface area contributed by atoms with Gasteiger partial charge in [-0.15, -0.1) is 0 Å². The van der Waals surface area contributed by atoms with E-state index in [1.807, 2.05) is 8.93 Å². The summed E-state index contributed by atoms with van der Waals surface area (Å²) in [5.41, 5.74) is 0. The maximum absolute atomic E-state index is 2.27. The quantitative estimate of drug-likeness (QED) is 0.555. The van der Waals surface area contributed by atoms with Crippen LogP contribution in [0, 0.1) is 0 Å². The topological polar surface area (TPSA) is 0 Å². The molecule has 1 aliphatic heterocycles. The summed E-state index contributed by atoms with van der Waals surface area (Å²) in [5.74, 6) is 0. The molecule has 6 heavy (non-hydrogen) atoms. The Morgan fingerprint density at radius 2 is 2.33 bits per heavy atom. The molecule has 0 amide bonds. The van der Waals surface area contributed by atoms with Gasteiger partial charge in [-0.05, 0) is 0 Å². The van der Waals surface area contributed by atoms with Gasteiger partial charge < -0.3 is 0 Å². The van der Waals surface area contributed by atoms with Gasteiger partial charge in [0.15, 0.2) is 0 Å². The molecule has 0 radical (unpaired) electrons. The van der Waals surface area contributed by atoms with Crippen molar-refractivity contribution in [1.29, 1.82) is 0 Å². The van der Waals surface area contributed by atoms with Crippen molar-refractivity contribution in [2.75, 3.05) is 0 Å². The van der Waals surface area contributed by atoms with Crippen LogP contribution in [0.4, 0.5) is 0 Å². The van der Waals surface area contributed by atoms with Crippen LogP contribution in [-0.2, 0) is 0 Å². The summed E-state index contributed by atoms with van der Waals surface area (Å²) in [6.45, 7) is 0. The van der Waals surface area contributed by atoms with Crippen LogP contribution >= 0.6 is 28.8 Å². The first kappa shape index (κ1) is 4.71. The third kappa shape index (κ3) is 1.34. The molecular formula is C4H5IS. The summed E-state index contributed by atoms with van der Waals surface area (Å²) in [5, 5.41) is 2.16. The van der Waals surface area contributed by atoms with Gasteiger partial charge in [0, 0.05) is 0 Å². The Labute approximate surface area is 50.4 Å². The van der Waals surface area contributed by atoms with Crippen LogP contribution in [-0.4, -0.2) is 0 Å². The number of rotatable bonds is 0. The van der Waals surface area contributed by atoms with Crippen LogP contribution in [0.2, 0.25) is 0 Å². The van der Waals surface area contributed by atoms with E-state index < -0.39 is 0 Å². The zero-order chi connectivity index (χ0) is 4.24. The van der Waals surface area contributed by atoms with E-state index in [4.69, 9.17) is 0 Å². The molecule has 0 saturated carbocycles. The van der Waals surface area contributed by atoms with E-state index in [1.54, 1.807) is 0 Å². The van der Waals surface area contributed by atoms with Crippen molar-refractivity contribution < 1.29 is 0 Å². The maximum atomic E-state index is 2.27. The van der Waals surface area contributed by atoms with Gasteiger partial charge in [-0.1, -0.05) is 0 Å². The van der Waals surface area contributed by atoms with Crippen LogP contribution in [0.15, 0.2) is 21.6 Å². The molecule has 0 aliphatic carbocycles. The summed E-state index contributed by atoms with van der Waals surface area (Å²) in [4.78, 5) is 0. The molecule has 0 spiro atoms. The summed E-state index contributed by atoms with van der Waals surface area (Å²) in [6, 6.07) is 0. The SMILES string of the molecule is C1=CS[IH]C=C1. The number of hydrogen-bond donors (Lipinski definition) is 0. The molecule has 0 fully saturated rings. The standard InChI is InChI=1S/C4H5IS/c1-2-4-6-5-3-1/h1-5H. The zero-order valence-electron chi connectivity index (χ0n) is 3.13. The molecule has 1 heterocycles. The summed E-state index contributed by atoms with van der Waals surface area (Å²) in [6.07, 6.45) is 4.21. The first-order chi connectivity index (χ1) is 3.00. The fourth-order valence-corrected chi connectivity index (χ4v) is 3.02. The second-order valence-corrected chi connectivity index (χ2v) is 5.58. The summed E-state index contributed by atoms with van der Waals surface area (Å²) in [7, 11) is 1.96. The van der Waals surface area contributed by atoms with E-state index >= 15 is 0 Å². The molecule has 0 atom stereocenters.